The molecule has 1 aromatic carbocycles. The van der Waals surface area contributed by atoms with Gasteiger partial charge in [-0.15, -0.1) is 6.58 Å². The van der Waals surface area contributed by atoms with E-state index < -0.39 is 0 Å². The minimum atomic E-state index is -0.197. The second-order valence-electron chi connectivity index (χ2n) is 10.4. The SMILES string of the molecule is C=CCCCN1C(=O)C[C@@H]2Cc3c(-c4noc(C5=CC(C#N)C(CC(C)C)C=C5)n4)cccc3[C@@H]21. The average molecular weight is 469 g/mol. The molecule has 5 rings (SSSR count). The highest BCUT2D eigenvalue weighted by Crippen LogP contribution is 2.49. The van der Waals surface area contributed by atoms with Gasteiger partial charge in [0.1, 0.15) is 0 Å². The molecule has 2 aliphatic carbocycles. The van der Waals surface area contributed by atoms with Gasteiger partial charge in [-0.3, -0.25) is 4.79 Å². The van der Waals surface area contributed by atoms with Crippen LogP contribution in [0, 0.1) is 35.0 Å². The lowest BCUT2D eigenvalue weighted by Crippen LogP contribution is -2.29. The van der Waals surface area contributed by atoms with Crippen LogP contribution in [0.3, 0.4) is 0 Å². The van der Waals surface area contributed by atoms with Gasteiger partial charge in [-0.2, -0.15) is 10.2 Å². The highest BCUT2D eigenvalue weighted by molar-refractivity contribution is 5.81. The first-order valence-corrected chi connectivity index (χ1v) is 12.7. The highest BCUT2D eigenvalue weighted by atomic mass is 16.5. The summed E-state index contributed by atoms with van der Waals surface area (Å²) in [6.07, 6.45) is 12.2. The summed E-state index contributed by atoms with van der Waals surface area (Å²) in [6.45, 7) is 8.92. The van der Waals surface area contributed by atoms with E-state index in [4.69, 9.17) is 9.51 Å². The third kappa shape index (κ3) is 4.36. The number of allylic oxidation sites excluding steroid dienone is 5. The predicted octanol–water partition coefficient (Wildman–Crippen LogP) is 5.90. The zero-order valence-corrected chi connectivity index (χ0v) is 20.5. The second-order valence-corrected chi connectivity index (χ2v) is 10.4. The van der Waals surface area contributed by atoms with E-state index in [9.17, 15) is 10.1 Å². The number of benzene rings is 1. The van der Waals surface area contributed by atoms with Crippen molar-refractivity contribution >= 4 is 11.5 Å². The van der Waals surface area contributed by atoms with Gasteiger partial charge >= 0.3 is 0 Å². The van der Waals surface area contributed by atoms with Crippen LogP contribution in [0.25, 0.3) is 17.0 Å². The number of nitriles is 1. The van der Waals surface area contributed by atoms with Crippen molar-refractivity contribution in [3.8, 4) is 17.5 Å². The molecule has 180 valence electrons. The summed E-state index contributed by atoms with van der Waals surface area (Å²) in [7, 11) is 0. The number of carbonyl (C=O) groups excluding carboxylic acids is 1. The number of rotatable bonds is 8. The number of amides is 1. The number of nitrogens with zero attached hydrogens (tertiary/aromatic N) is 4. The predicted molar refractivity (Wildman–Crippen MR) is 135 cm³/mol. The Hall–Kier alpha value is -3.46. The van der Waals surface area contributed by atoms with Crippen molar-refractivity contribution in [2.24, 2.45) is 23.7 Å². The van der Waals surface area contributed by atoms with Crippen LogP contribution in [0.1, 0.15) is 62.6 Å². The molecule has 1 saturated heterocycles. The quantitative estimate of drug-likeness (QED) is 0.356. The van der Waals surface area contributed by atoms with E-state index in [-0.39, 0.29) is 23.8 Å². The Bertz CT molecular complexity index is 1230. The van der Waals surface area contributed by atoms with Gasteiger partial charge in [-0.25, -0.2) is 0 Å². The van der Waals surface area contributed by atoms with Crippen LogP contribution < -0.4 is 0 Å². The van der Waals surface area contributed by atoms with E-state index in [1.54, 1.807) is 0 Å². The lowest BCUT2D eigenvalue weighted by atomic mass is 9.81. The van der Waals surface area contributed by atoms with Crippen LogP contribution in [0.4, 0.5) is 0 Å². The fourth-order valence-electron chi connectivity index (χ4n) is 5.93. The number of hydrogen-bond donors (Lipinski definition) is 0. The van der Waals surface area contributed by atoms with Gasteiger partial charge in [0.15, 0.2) is 0 Å². The lowest BCUT2D eigenvalue weighted by Gasteiger charge is -2.25. The lowest BCUT2D eigenvalue weighted by molar-refractivity contribution is -0.129. The number of fused-ring (bicyclic) bond motifs is 3. The molecule has 2 unspecified atom stereocenters. The zero-order valence-electron chi connectivity index (χ0n) is 20.5. The summed E-state index contributed by atoms with van der Waals surface area (Å²) in [5.41, 5.74) is 4.20. The molecular weight excluding hydrogens is 436 g/mol. The summed E-state index contributed by atoms with van der Waals surface area (Å²) in [5.74, 6) is 2.09. The highest BCUT2D eigenvalue weighted by Gasteiger charge is 2.46. The first-order chi connectivity index (χ1) is 17.0. The van der Waals surface area contributed by atoms with Gasteiger partial charge in [0.2, 0.25) is 11.7 Å². The number of likely N-dealkylation sites (tertiary alicyclic amines) is 1. The molecule has 1 amide bonds. The monoisotopic (exact) mass is 468 g/mol. The Morgan fingerprint density at radius 1 is 1.34 bits per heavy atom. The molecule has 3 aliphatic rings. The van der Waals surface area contributed by atoms with E-state index in [2.05, 4.69) is 48.7 Å². The van der Waals surface area contributed by atoms with Crippen molar-refractivity contribution in [2.75, 3.05) is 6.54 Å². The van der Waals surface area contributed by atoms with Crippen LogP contribution in [0.15, 0.2) is 53.6 Å². The van der Waals surface area contributed by atoms with Crippen LogP contribution in [0.5, 0.6) is 0 Å². The fourth-order valence-corrected chi connectivity index (χ4v) is 5.93. The van der Waals surface area contributed by atoms with Crippen LogP contribution in [-0.2, 0) is 11.2 Å². The standard InChI is InChI=1S/C29H32N4O2/c1-4-5-6-12-33-26(34)16-21-15-25-23(27(21)33)8-7-9-24(25)28-31-29(35-32-28)20-11-10-19(13-18(2)3)22(14-20)17-30/h4,7-11,14,18-19,21-22,27H,1,5-6,12-13,15-16H2,2-3H3/t19?,21-,22?,27+/m0/s1. The van der Waals surface area contributed by atoms with E-state index in [0.717, 1.165) is 43.4 Å². The van der Waals surface area contributed by atoms with Crippen molar-refractivity contribution < 1.29 is 9.32 Å². The first-order valence-electron chi connectivity index (χ1n) is 12.7. The third-order valence-corrected chi connectivity index (χ3v) is 7.49. The van der Waals surface area contributed by atoms with Gasteiger partial charge in [-0.1, -0.05) is 61.5 Å². The van der Waals surface area contributed by atoms with Crippen molar-refractivity contribution in [1.29, 1.82) is 5.26 Å². The molecule has 4 atom stereocenters. The Morgan fingerprint density at radius 2 is 2.20 bits per heavy atom. The molecule has 1 fully saturated rings. The maximum Gasteiger partial charge on any atom is 0.257 e. The molecule has 1 aliphatic heterocycles. The van der Waals surface area contributed by atoms with Crippen molar-refractivity contribution in [3.05, 3.63) is 66.1 Å². The van der Waals surface area contributed by atoms with E-state index in [0.29, 0.717) is 30.0 Å². The largest absolute Gasteiger partial charge is 0.335 e. The van der Waals surface area contributed by atoms with Crippen LogP contribution >= 0.6 is 0 Å². The topological polar surface area (TPSA) is 83.0 Å². The maximum atomic E-state index is 12.7. The van der Waals surface area contributed by atoms with Crippen LogP contribution in [0.2, 0.25) is 0 Å². The number of aromatic nitrogens is 2. The molecular formula is C29H32N4O2. The molecule has 6 nitrogen and oxygen atoms in total. The number of unbranched alkanes of at least 4 members (excludes halogenated alkanes) is 1. The molecule has 0 bridgehead atoms. The first kappa shape index (κ1) is 23.3. The van der Waals surface area contributed by atoms with E-state index >= 15 is 0 Å². The summed E-state index contributed by atoms with van der Waals surface area (Å²) < 4.78 is 5.66. The van der Waals surface area contributed by atoms with Crippen molar-refractivity contribution in [1.82, 2.24) is 15.0 Å². The van der Waals surface area contributed by atoms with Gasteiger partial charge in [0, 0.05) is 24.1 Å². The number of hydrogen-bond acceptors (Lipinski definition) is 5. The molecule has 35 heavy (non-hydrogen) atoms. The van der Waals surface area contributed by atoms with E-state index in [1.807, 2.05) is 30.4 Å². The second kappa shape index (κ2) is 9.65. The van der Waals surface area contributed by atoms with Crippen LogP contribution in [-0.4, -0.2) is 27.5 Å². The molecule has 2 aromatic rings. The van der Waals surface area contributed by atoms with Gasteiger partial charge in [0.05, 0.1) is 18.0 Å². The average Bonchev–Trinajstić information content (AvgIpc) is 3.54. The summed E-state index contributed by atoms with van der Waals surface area (Å²) in [5, 5.41) is 14.0. The maximum absolute atomic E-state index is 12.7. The molecule has 0 N–H and O–H groups in total. The van der Waals surface area contributed by atoms with Gasteiger partial charge in [0.25, 0.3) is 5.89 Å². The molecule has 0 saturated carbocycles. The molecule has 0 spiro atoms. The Kier molecular flexibility index (Phi) is 6.42. The minimum Gasteiger partial charge on any atom is -0.335 e. The molecule has 6 heteroatoms. The Labute approximate surface area is 207 Å². The Morgan fingerprint density at radius 3 is 2.97 bits per heavy atom. The molecule has 2 heterocycles. The summed E-state index contributed by atoms with van der Waals surface area (Å²) in [6, 6.07) is 8.77. The molecule has 1 aromatic heterocycles. The number of carbonyl (C=O) groups is 1. The summed E-state index contributed by atoms with van der Waals surface area (Å²) in [4.78, 5) is 19.5. The summed E-state index contributed by atoms with van der Waals surface area (Å²) >= 11 is 0. The third-order valence-electron chi connectivity index (χ3n) is 7.49. The van der Waals surface area contributed by atoms with E-state index in [1.165, 1.54) is 11.1 Å². The molecule has 0 radical (unpaired) electrons. The fraction of sp³-hybridized carbons (Fsp3) is 0.448. The van der Waals surface area contributed by atoms with Gasteiger partial charge in [-0.05, 0) is 54.6 Å². The van der Waals surface area contributed by atoms with Gasteiger partial charge < -0.3 is 9.42 Å². The van der Waals surface area contributed by atoms with Crippen molar-refractivity contribution in [3.63, 3.8) is 0 Å². The normalized spacial score (nSPS) is 24.9. The minimum absolute atomic E-state index is 0.131. The smallest absolute Gasteiger partial charge is 0.257 e. The van der Waals surface area contributed by atoms with Crippen molar-refractivity contribution in [2.45, 2.75) is 52.0 Å². The Balaban J connectivity index is 1.40. The zero-order chi connectivity index (χ0) is 24.5.